The van der Waals surface area contributed by atoms with Gasteiger partial charge in [0.15, 0.2) is 5.65 Å². The molecule has 3 aromatic rings. The molecule has 0 spiro atoms. The number of aromatic nitrogens is 2. The van der Waals surface area contributed by atoms with Crippen LogP contribution in [0.5, 0.6) is 0 Å². The quantitative estimate of drug-likeness (QED) is 0.657. The van der Waals surface area contributed by atoms with Crippen molar-refractivity contribution in [1.82, 2.24) is 14.3 Å². The third-order valence-electron chi connectivity index (χ3n) is 6.93. The summed E-state index contributed by atoms with van der Waals surface area (Å²) < 4.78 is 1.70. The van der Waals surface area contributed by atoms with E-state index < -0.39 is 6.04 Å². The summed E-state index contributed by atoms with van der Waals surface area (Å²) in [6, 6.07) is 11.2. The Morgan fingerprint density at radius 3 is 2.78 bits per heavy atom. The Morgan fingerprint density at radius 2 is 1.94 bits per heavy atom. The number of fused-ring (bicyclic) bond motifs is 2. The van der Waals surface area contributed by atoms with E-state index in [-0.39, 0.29) is 17.9 Å². The molecule has 164 valence electrons. The number of pyridine rings is 1. The number of benzene rings is 1. The lowest BCUT2D eigenvalue weighted by atomic mass is 10.1. The standard InChI is InChI=1S/C24H24ClN5O2/c25-18-7-4-10-29-21(14-26-22(18)29)24(32)30-19-11-15(19)12-20(30)23(31)27-16-5-3-6-17(13-16)28-8-1-2-9-28/h3-7,10,13-15,19-20H,1-2,8-9,11-12H2,(H,27,31)/t15-,19+,20+/m1/s1. The largest absolute Gasteiger partial charge is 0.371 e. The van der Waals surface area contributed by atoms with Crippen molar-refractivity contribution in [2.75, 3.05) is 23.3 Å². The number of imidazole rings is 1. The van der Waals surface area contributed by atoms with Crippen LogP contribution >= 0.6 is 11.6 Å². The van der Waals surface area contributed by atoms with Gasteiger partial charge in [-0.25, -0.2) is 4.98 Å². The number of halogens is 1. The van der Waals surface area contributed by atoms with Gasteiger partial charge < -0.3 is 15.1 Å². The number of carbonyl (C=O) groups is 2. The van der Waals surface area contributed by atoms with E-state index in [4.69, 9.17) is 11.6 Å². The van der Waals surface area contributed by atoms with Gasteiger partial charge in [0.2, 0.25) is 5.91 Å². The van der Waals surface area contributed by atoms with Gasteiger partial charge in [-0.2, -0.15) is 0 Å². The third-order valence-corrected chi connectivity index (χ3v) is 7.23. The molecule has 1 aromatic carbocycles. The molecule has 3 fully saturated rings. The summed E-state index contributed by atoms with van der Waals surface area (Å²) in [5, 5.41) is 3.55. The SMILES string of the molecule is O=C(Nc1cccc(N2CCCC2)c1)[C@@H]1C[C@H]2C[C@@H]2N1C(=O)c1cnc2c(Cl)cccn12. The van der Waals surface area contributed by atoms with E-state index in [0.29, 0.717) is 28.7 Å². The van der Waals surface area contributed by atoms with Crippen molar-refractivity contribution in [2.24, 2.45) is 5.92 Å². The number of hydrogen-bond acceptors (Lipinski definition) is 4. The minimum Gasteiger partial charge on any atom is -0.371 e. The predicted octanol–water partition coefficient (Wildman–Crippen LogP) is 3.83. The Morgan fingerprint density at radius 1 is 1.09 bits per heavy atom. The van der Waals surface area contributed by atoms with E-state index >= 15 is 0 Å². The molecule has 4 heterocycles. The van der Waals surface area contributed by atoms with E-state index in [1.165, 1.54) is 12.8 Å². The van der Waals surface area contributed by atoms with Crippen molar-refractivity contribution in [2.45, 2.75) is 37.8 Å². The highest BCUT2D eigenvalue weighted by Crippen LogP contribution is 2.48. The van der Waals surface area contributed by atoms with Crippen molar-refractivity contribution in [1.29, 1.82) is 0 Å². The maximum atomic E-state index is 13.5. The van der Waals surface area contributed by atoms with Gasteiger partial charge in [-0.1, -0.05) is 17.7 Å². The molecule has 2 saturated heterocycles. The molecule has 0 bridgehead atoms. The lowest BCUT2D eigenvalue weighted by Crippen LogP contribution is -2.45. The van der Waals surface area contributed by atoms with Crippen LogP contribution < -0.4 is 10.2 Å². The average Bonchev–Trinajstić information content (AvgIpc) is 3.22. The highest BCUT2D eigenvalue weighted by molar-refractivity contribution is 6.33. The first-order valence-corrected chi connectivity index (χ1v) is 11.6. The maximum Gasteiger partial charge on any atom is 0.273 e. The Kier molecular flexibility index (Phi) is 4.61. The van der Waals surface area contributed by atoms with Gasteiger partial charge >= 0.3 is 0 Å². The van der Waals surface area contributed by atoms with Gasteiger partial charge in [-0.3, -0.25) is 14.0 Å². The predicted molar refractivity (Wildman–Crippen MR) is 123 cm³/mol. The van der Waals surface area contributed by atoms with Gasteiger partial charge in [0, 0.05) is 36.7 Å². The Hall–Kier alpha value is -3.06. The second kappa shape index (κ2) is 7.52. The first-order valence-electron chi connectivity index (χ1n) is 11.2. The first kappa shape index (κ1) is 19.6. The molecule has 0 radical (unpaired) electrons. The van der Waals surface area contributed by atoms with Crippen LogP contribution in [-0.2, 0) is 4.79 Å². The molecule has 8 heteroatoms. The fraction of sp³-hybridized carbons (Fsp3) is 0.375. The zero-order valence-corrected chi connectivity index (χ0v) is 18.3. The lowest BCUT2D eigenvalue weighted by molar-refractivity contribution is -0.120. The van der Waals surface area contributed by atoms with Crippen molar-refractivity contribution >= 4 is 40.4 Å². The van der Waals surface area contributed by atoms with Crippen molar-refractivity contribution in [3.63, 3.8) is 0 Å². The third kappa shape index (κ3) is 3.23. The van der Waals surface area contributed by atoms with Gasteiger partial charge in [0.25, 0.3) is 5.91 Å². The van der Waals surface area contributed by atoms with E-state index in [1.54, 1.807) is 33.8 Å². The highest BCUT2D eigenvalue weighted by Gasteiger charge is 2.56. The highest BCUT2D eigenvalue weighted by atomic mass is 35.5. The average molecular weight is 450 g/mol. The number of nitrogens with one attached hydrogen (secondary N) is 1. The summed E-state index contributed by atoms with van der Waals surface area (Å²) in [4.78, 5) is 35.2. The Labute approximate surface area is 191 Å². The van der Waals surface area contributed by atoms with E-state index in [0.717, 1.165) is 30.9 Å². The molecule has 2 aromatic heterocycles. The summed E-state index contributed by atoms with van der Waals surface area (Å²) in [6.45, 7) is 2.10. The summed E-state index contributed by atoms with van der Waals surface area (Å²) >= 11 is 6.23. The molecule has 6 rings (SSSR count). The molecule has 2 aliphatic heterocycles. The molecule has 1 aliphatic carbocycles. The number of amides is 2. The number of rotatable bonds is 4. The van der Waals surface area contributed by atoms with Crippen LogP contribution in [0.3, 0.4) is 0 Å². The number of likely N-dealkylation sites (tertiary alicyclic amines) is 1. The minimum absolute atomic E-state index is 0.124. The van der Waals surface area contributed by atoms with Crippen molar-refractivity contribution in [3.05, 3.63) is 59.5 Å². The molecule has 1 saturated carbocycles. The fourth-order valence-electron chi connectivity index (χ4n) is 5.23. The van der Waals surface area contributed by atoms with Crippen molar-refractivity contribution in [3.8, 4) is 0 Å². The topological polar surface area (TPSA) is 70.0 Å². The zero-order chi connectivity index (χ0) is 21.8. The minimum atomic E-state index is -0.480. The second-order valence-corrected chi connectivity index (χ2v) is 9.36. The van der Waals surface area contributed by atoms with Crippen LogP contribution in [0.4, 0.5) is 11.4 Å². The van der Waals surface area contributed by atoms with Gasteiger partial charge in [-0.15, -0.1) is 0 Å². The zero-order valence-electron chi connectivity index (χ0n) is 17.6. The molecule has 32 heavy (non-hydrogen) atoms. The second-order valence-electron chi connectivity index (χ2n) is 8.95. The monoisotopic (exact) mass is 449 g/mol. The van der Waals surface area contributed by atoms with Crippen LogP contribution in [0.15, 0.2) is 48.8 Å². The van der Waals surface area contributed by atoms with E-state index in [1.807, 2.05) is 18.2 Å². The molecular weight excluding hydrogens is 426 g/mol. The number of carbonyl (C=O) groups excluding carboxylic acids is 2. The number of piperidine rings is 1. The molecule has 7 nitrogen and oxygen atoms in total. The summed E-state index contributed by atoms with van der Waals surface area (Å²) in [7, 11) is 0. The molecule has 0 unspecified atom stereocenters. The van der Waals surface area contributed by atoms with Crippen molar-refractivity contribution < 1.29 is 9.59 Å². The van der Waals surface area contributed by atoms with Gasteiger partial charge in [0.1, 0.15) is 11.7 Å². The van der Waals surface area contributed by atoms with Crippen LogP contribution in [0, 0.1) is 5.92 Å². The molecular formula is C24H24ClN5O2. The molecule has 2 amide bonds. The number of anilines is 2. The molecule has 1 N–H and O–H groups in total. The van der Waals surface area contributed by atoms with Crippen LogP contribution in [-0.4, -0.2) is 51.3 Å². The summed E-state index contributed by atoms with van der Waals surface area (Å²) in [5.74, 6) is 0.0973. The maximum absolute atomic E-state index is 13.5. The molecule has 3 aliphatic rings. The van der Waals surface area contributed by atoms with E-state index in [2.05, 4.69) is 21.3 Å². The lowest BCUT2D eigenvalue weighted by Gasteiger charge is -2.27. The summed E-state index contributed by atoms with van der Waals surface area (Å²) in [5.41, 5.74) is 2.88. The normalized spacial score (nSPS) is 24.1. The number of hydrogen-bond donors (Lipinski definition) is 1. The number of nitrogens with zero attached hydrogens (tertiary/aromatic N) is 4. The fourth-order valence-corrected chi connectivity index (χ4v) is 5.44. The summed E-state index contributed by atoms with van der Waals surface area (Å²) in [6.07, 6.45) is 7.39. The van der Waals surface area contributed by atoms with Crippen LogP contribution in [0.1, 0.15) is 36.2 Å². The molecule has 3 atom stereocenters. The Bertz CT molecular complexity index is 1220. The Balaban J connectivity index is 1.24. The first-order chi connectivity index (χ1) is 15.6. The van der Waals surface area contributed by atoms with E-state index in [9.17, 15) is 9.59 Å². The smallest absolute Gasteiger partial charge is 0.273 e. The van der Waals surface area contributed by atoms with Crippen LogP contribution in [0.25, 0.3) is 5.65 Å². The van der Waals surface area contributed by atoms with Gasteiger partial charge in [0.05, 0.1) is 11.2 Å². The van der Waals surface area contributed by atoms with Crippen LogP contribution in [0.2, 0.25) is 5.02 Å². The van der Waals surface area contributed by atoms with Gasteiger partial charge in [-0.05, 0) is 61.9 Å².